The van der Waals surface area contributed by atoms with Crippen molar-refractivity contribution in [1.29, 1.82) is 0 Å². The topological polar surface area (TPSA) is 93.8 Å². The van der Waals surface area contributed by atoms with Crippen molar-refractivity contribution in [1.82, 2.24) is 14.9 Å². The molecule has 1 aliphatic rings. The van der Waals surface area contributed by atoms with Crippen molar-refractivity contribution in [2.45, 2.75) is 52.7 Å². The average molecular weight is 341 g/mol. The fourth-order valence-corrected chi connectivity index (χ4v) is 2.23. The Labute approximate surface area is 142 Å². The molecule has 0 saturated carbocycles. The Morgan fingerprint density at radius 3 is 2.50 bits per heavy atom. The van der Waals surface area contributed by atoms with E-state index in [1.165, 1.54) is 13.4 Å². The van der Waals surface area contributed by atoms with Crippen molar-refractivity contribution in [3.63, 3.8) is 0 Å². The Morgan fingerprint density at radius 1 is 1.33 bits per heavy atom. The zero-order chi connectivity index (χ0) is 18.1. The highest BCUT2D eigenvalue weighted by Gasteiger charge is 2.26. The summed E-state index contributed by atoms with van der Waals surface area (Å²) in [5.74, 6) is 0.235. The Balaban J connectivity index is 0.00000139. The molecule has 1 aliphatic heterocycles. The summed E-state index contributed by atoms with van der Waals surface area (Å²) in [6.07, 6.45) is 2.00. The number of methoxy groups -OCH3 is 1. The summed E-state index contributed by atoms with van der Waals surface area (Å²) in [6, 6.07) is 0. The van der Waals surface area contributed by atoms with Gasteiger partial charge in [-0.05, 0) is 13.8 Å². The maximum atomic E-state index is 11.8. The standard InChI is InChI=1S/C14H21N3O5.C2H6/c1-9(2)21-14(19)17-6-4-10(5-7-17)22-13-11(20-3)12(18)15-8-16-13;1-2/h8-10H,4-7H2,1-3H3,(H,15,16,18);1-2H3. The van der Waals surface area contributed by atoms with Crippen LogP contribution in [0.2, 0.25) is 0 Å². The van der Waals surface area contributed by atoms with Gasteiger partial charge in [0.1, 0.15) is 6.10 Å². The number of amides is 1. The van der Waals surface area contributed by atoms with Crippen molar-refractivity contribution >= 4 is 6.09 Å². The van der Waals surface area contributed by atoms with Crippen molar-refractivity contribution < 1.29 is 19.0 Å². The lowest BCUT2D eigenvalue weighted by Gasteiger charge is -2.31. The summed E-state index contributed by atoms with van der Waals surface area (Å²) in [6.45, 7) is 8.72. The van der Waals surface area contributed by atoms with Crippen molar-refractivity contribution in [3.05, 3.63) is 16.7 Å². The number of piperidine rings is 1. The van der Waals surface area contributed by atoms with Crippen LogP contribution >= 0.6 is 0 Å². The lowest BCUT2D eigenvalue weighted by molar-refractivity contribution is 0.0499. The van der Waals surface area contributed by atoms with Gasteiger partial charge in [0, 0.05) is 25.9 Å². The molecule has 24 heavy (non-hydrogen) atoms. The lowest BCUT2D eigenvalue weighted by atomic mass is 10.1. The number of nitrogens with one attached hydrogen (secondary N) is 1. The largest absolute Gasteiger partial charge is 0.487 e. The van der Waals surface area contributed by atoms with Crippen LogP contribution in [-0.2, 0) is 4.74 Å². The van der Waals surface area contributed by atoms with Gasteiger partial charge in [-0.3, -0.25) is 4.79 Å². The third-order valence-electron chi connectivity index (χ3n) is 3.30. The fraction of sp³-hybridized carbons (Fsp3) is 0.688. The molecule has 1 amide bonds. The van der Waals surface area contributed by atoms with Crippen LogP contribution in [0.4, 0.5) is 4.79 Å². The molecule has 1 N–H and O–H groups in total. The number of nitrogens with zero attached hydrogens (tertiary/aromatic N) is 2. The molecule has 0 unspecified atom stereocenters. The number of carbonyl (C=O) groups excluding carboxylic acids is 1. The number of ether oxygens (including phenoxy) is 3. The van der Waals surface area contributed by atoms with E-state index in [1.54, 1.807) is 4.90 Å². The highest BCUT2D eigenvalue weighted by molar-refractivity contribution is 5.67. The van der Waals surface area contributed by atoms with Crippen LogP contribution in [0, 0.1) is 0 Å². The molecule has 0 atom stereocenters. The van der Waals surface area contributed by atoms with E-state index in [1.807, 2.05) is 27.7 Å². The molecule has 1 aromatic rings. The predicted molar refractivity (Wildman–Crippen MR) is 89.6 cm³/mol. The number of hydrogen-bond acceptors (Lipinski definition) is 6. The summed E-state index contributed by atoms with van der Waals surface area (Å²) in [5.41, 5.74) is -0.384. The molecule has 1 aromatic heterocycles. The van der Waals surface area contributed by atoms with Crippen molar-refractivity contribution in [2.75, 3.05) is 20.2 Å². The molecule has 0 aromatic carbocycles. The van der Waals surface area contributed by atoms with E-state index in [0.717, 1.165) is 0 Å². The average Bonchev–Trinajstić information content (AvgIpc) is 2.57. The first-order chi connectivity index (χ1) is 11.5. The van der Waals surface area contributed by atoms with Gasteiger partial charge < -0.3 is 24.1 Å². The van der Waals surface area contributed by atoms with Crippen LogP contribution in [0.25, 0.3) is 0 Å². The first kappa shape index (κ1) is 19.8. The number of H-pyrrole nitrogens is 1. The number of rotatable bonds is 4. The Morgan fingerprint density at radius 2 is 1.96 bits per heavy atom. The molecule has 136 valence electrons. The number of aromatic nitrogens is 2. The molecule has 0 aliphatic carbocycles. The first-order valence-electron chi connectivity index (χ1n) is 8.25. The monoisotopic (exact) mass is 341 g/mol. The molecule has 2 rings (SSSR count). The van der Waals surface area contributed by atoms with E-state index in [4.69, 9.17) is 14.2 Å². The van der Waals surface area contributed by atoms with Crippen LogP contribution in [-0.4, -0.2) is 53.4 Å². The number of likely N-dealkylation sites (tertiary alicyclic amines) is 1. The molecular weight excluding hydrogens is 314 g/mol. The van der Waals surface area contributed by atoms with E-state index in [2.05, 4.69) is 9.97 Å². The number of aromatic amines is 1. The molecule has 0 bridgehead atoms. The Kier molecular flexibility index (Phi) is 8.08. The van der Waals surface area contributed by atoms with E-state index < -0.39 is 0 Å². The summed E-state index contributed by atoms with van der Waals surface area (Å²) < 4.78 is 15.9. The van der Waals surface area contributed by atoms with Gasteiger partial charge in [-0.15, -0.1) is 0 Å². The smallest absolute Gasteiger partial charge is 0.410 e. The van der Waals surface area contributed by atoms with E-state index >= 15 is 0 Å². The second-order valence-electron chi connectivity index (χ2n) is 5.31. The van der Waals surface area contributed by atoms with Gasteiger partial charge in [0.25, 0.3) is 11.4 Å². The molecule has 0 spiro atoms. The molecule has 2 heterocycles. The minimum atomic E-state index is -0.384. The summed E-state index contributed by atoms with van der Waals surface area (Å²) in [4.78, 5) is 31.5. The van der Waals surface area contributed by atoms with E-state index in [0.29, 0.717) is 25.9 Å². The molecule has 1 fully saturated rings. The van der Waals surface area contributed by atoms with E-state index in [-0.39, 0.29) is 35.5 Å². The van der Waals surface area contributed by atoms with Crippen LogP contribution in [0.5, 0.6) is 11.6 Å². The van der Waals surface area contributed by atoms with Crippen molar-refractivity contribution in [2.24, 2.45) is 0 Å². The fourth-order valence-electron chi connectivity index (χ4n) is 2.23. The van der Waals surface area contributed by atoms with Gasteiger partial charge in [0.05, 0.1) is 19.5 Å². The highest BCUT2D eigenvalue weighted by Crippen LogP contribution is 2.23. The Bertz CT molecular complexity index is 565. The van der Waals surface area contributed by atoms with E-state index in [9.17, 15) is 9.59 Å². The first-order valence-corrected chi connectivity index (χ1v) is 8.25. The third kappa shape index (κ3) is 5.43. The normalized spacial score (nSPS) is 14.7. The minimum Gasteiger partial charge on any atom is -0.487 e. The van der Waals surface area contributed by atoms with Gasteiger partial charge in [-0.1, -0.05) is 13.8 Å². The summed E-state index contributed by atoms with van der Waals surface area (Å²) in [5, 5.41) is 0. The quantitative estimate of drug-likeness (QED) is 0.902. The number of hydrogen-bond donors (Lipinski definition) is 1. The summed E-state index contributed by atoms with van der Waals surface area (Å²) >= 11 is 0. The van der Waals surface area contributed by atoms with Crippen LogP contribution in [0.15, 0.2) is 11.1 Å². The predicted octanol–water partition coefficient (Wildman–Crippen LogP) is 2.19. The minimum absolute atomic E-state index is 0.0594. The zero-order valence-corrected chi connectivity index (χ0v) is 15.0. The van der Waals surface area contributed by atoms with Crippen molar-refractivity contribution in [3.8, 4) is 11.6 Å². The summed E-state index contributed by atoms with van der Waals surface area (Å²) in [7, 11) is 1.39. The van der Waals surface area contributed by atoms with Crippen LogP contribution < -0.4 is 15.0 Å². The van der Waals surface area contributed by atoms with Gasteiger partial charge in [-0.25, -0.2) is 9.78 Å². The second-order valence-corrected chi connectivity index (χ2v) is 5.31. The van der Waals surface area contributed by atoms with Gasteiger partial charge >= 0.3 is 6.09 Å². The molecule has 8 heteroatoms. The SMILES string of the molecule is CC.COc1c(OC2CCN(C(=O)OC(C)C)CC2)nc[nH]c1=O. The van der Waals surface area contributed by atoms with Crippen LogP contribution in [0.3, 0.4) is 0 Å². The molecular formula is C16H27N3O5. The van der Waals surface area contributed by atoms with Gasteiger partial charge in [-0.2, -0.15) is 0 Å². The maximum absolute atomic E-state index is 11.8. The molecule has 1 saturated heterocycles. The third-order valence-corrected chi connectivity index (χ3v) is 3.30. The number of carbonyl (C=O) groups is 1. The van der Waals surface area contributed by atoms with Gasteiger partial charge in [0.15, 0.2) is 0 Å². The maximum Gasteiger partial charge on any atom is 0.410 e. The molecule has 8 nitrogen and oxygen atoms in total. The second kappa shape index (κ2) is 9.79. The zero-order valence-electron chi connectivity index (χ0n) is 15.0. The molecule has 0 radical (unpaired) electrons. The van der Waals surface area contributed by atoms with Gasteiger partial charge in [0.2, 0.25) is 5.75 Å². The van der Waals surface area contributed by atoms with Crippen LogP contribution in [0.1, 0.15) is 40.5 Å². The Hall–Kier alpha value is -2.25. The lowest BCUT2D eigenvalue weighted by Crippen LogP contribution is -2.42. The highest BCUT2D eigenvalue weighted by atomic mass is 16.6.